The van der Waals surface area contributed by atoms with Crippen molar-refractivity contribution in [1.29, 1.82) is 0 Å². The summed E-state index contributed by atoms with van der Waals surface area (Å²) in [4.78, 5) is 22.2. The molecule has 0 unspecified atom stereocenters. The van der Waals surface area contributed by atoms with Crippen LogP contribution < -0.4 is 10.8 Å². The van der Waals surface area contributed by atoms with Crippen molar-refractivity contribution in [3.63, 3.8) is 0 Å². The van der Waals surface area contributed by atoms with E-state index in [9.17, 15) is 9.59 Å². The van der Waals surface area contributed by atoms with Gasteiger partial charge < -0.3 is 5.32 Å². The molecule has 1 aromatic heterocycles. The van der Waals surface area contributed by atoms with Crippen molar-refractivity contribution in [2.45, 2.75) is 0 Å². The fourth-order valence-corrected chi connectivity index (χ4v) is 1.34. The highest BCUT2D eigenvalue weighted by atomic mass is 32.1. The van der Waals surface area contributed by atoms with Crippen LogP contribution in [0.2, 0.25) is 0 Å². The minimum Gasteiger partial charge on any atom is -0.342 e. The molecule has 6 heteroatoms. The van der Waals surface area contributed by atoms with E-state index in [0.717, 1.165) is 0 Å². The fourth-order valence-electron chi connectivity index (χ4n) is 0.695. The Morgan fingerprint density at radius 3 is 2.85 bits per heavy atom. The van der Waals surface area contributed by atoms with E-state index in [-0.39, 0.29) is 12.5 Å². The monoisotopic (exact) mass is 200 g/mol. The first-order valence-corrected chi connectivity index (χ1v) is 4.36. The molecule has 5 nitrogen and oxygen atoms in total. The van der Waals surface area contributed by atoms with Crippen LogP contribution in [0.25, 0.3) is 0 Å². The first-order chi connectivity index (χ1) is 6.24. The lowest BCUT2D eigenvalue weighted by Crippen LogP contribution is -2.35. The van der Waals surface area contributed by atoms with Crippen LogP contribution in [0.5, 0.6) is 0 Å². The molecule has 70 valence electrons. The number of nitrogens with one attached hydrogen (secondary N) is 2. The number of hydrogen-bond acceptors (Lipinski definition) is 4. The zero-order valence-corrected chi connectivity index (χ0v) is 7.43. The van der Waals surface area contributed by atoms with Gasteiger partial charge in [-0.05, 0) is 11.4 Å². The molecule has 1 rings (SSSR count). The molecule has 0 saturated heterocycles. The number of carbonyl (C=O) groups is 2. The predicted octanol–water partition coefficient (Wildman–Crippen LogP) is -0.0167. The van der Waals surface area contributed by atoms with Crippen molar-refractivity contribution >= 4 is 23.2 Å². The summed E-state index contributed by atoms with van der Waals surface area (Å²) in [6, 6.07) is 3.39. The molecule has 0 aromatic carbocycles. The van der Waals surface area contributed by atoms with E-state index >= 15 is 0 Å². The Morgan fingerprint density at radius 2 is 2.31 bits per heavy atom. The fraction of sp³-hybridized carbons (Fsp3) is 0.143. The van der Waals surface area contributed by atoms with Crippen LogP contribution in [0.15, 0.2) is 17.5 Å². The first kappa shape index (κ1) is 9.69. The molecule has 0 saturated carbocycles. The number of hydroxylamine groups is 1. The standard InChI is InChI=1S/C7H8N2O3S/c10-6(9-12)4-8-7(11)5-2-1-3-13-5/h1-3,12H,4H2,(H,8,11)(H,9,10). The average Bonchev–Trinajstić information content (AvgIpc) is 2.66. The van der Waals surface area contributed by atoms with E-state index in [2.05, 4.69) is 5.32 Å². The third kappa shape index (κ3) is 2.85. The molecular formula is C7H8N2O3S. The Bertz CT molecular complexity index is 297. The maximum atomic E-state index is 11.2. The third-order valence-electron chi connectivity index (χ3n) is 1.28. The highest BCUT2D eigenvalue weighted by Gasteiger charge is 2.07. The molecule has 1 aromatic rings. The lowest BCUT2D eigenvalue weighted by molar-refractivity contribution is -0.128. The van der Waals surface area contributed by atoms with E-state index in [4.69, 9.17) is 5.21 Å². The van der Waals surface area contributed by atoms with E-state index < -0.39 is 5.91 Å². The van der Waals surface area contributed by atoms with Gasteiger partial charge >= 0.3 is 0 Å². The van der Waals surface area contributed by atoms with Gasteiger partial charge in [0, 0.05) is 0 Å². The Hall–Kier alpha value is -1.40. The van der Waals surface area contributed by atoms with Gasteiger partial charge in [-0.15, -0.1) is 11.3 Å². The Balaban J connectivity index is 2.39. The molecule has 0 aliphatic carbocycles. The summed E-state index contributed by atoms with van der Waals surface area (Å²) < 4.78 is 0. The number of carbonyl (C=O) groups excluding carboxylic acids is 2. The second-order valence-electron chi connectivity index (χ2n) is 2.19. The Kier molecular flexibility index (Phi) is 3.41. The SMILES string of the molecule is O=C(CNC(=O)c1cccs1)NO. The number of hydrogen-bond donors (Lipinski definition) is 3. The molecular weight excluding hydrogens is 192 g/mol. The summed E-state index contributed by atoms with van der Waals surface area (Å²) in [7, 11) is 0. The van der Waals surface area contributed by atoms with Crippen LogP contribution >= 0.6 is 11.3 Å². The van der Waals surface area contributed by atoms with Crippen molar-refractivity contribution in [3.8, 4) is 0 Å². The van der Waals surface area contributed by atoms with Gasteiger partial charge in [0.2, 0.25) is 0 Å². The van der Waals surface area contributed by atoms with E-state index in [1.165, 1.54) is 16.8 Å². The topological polar surface area (TPSA) is 78.4 Å². The largest absolute Gasteiger partial charge is 0.342 e. The van der Waals surface area contributed by atoms with Crippen LogP contribution in [-0.2, 0) is 4.79 Å². The van der Waals surface area contributed by atoms with Gasteiger partial charge in [-0.25, -0.2) is 5.48 Å². The van der Waals surface area contributed by atoms with Crippen molar-refractivity contribution < 1.29 is 14.8 Å². The molecule has 13 heavy (non-hydrogen) atoms. The maximum Gasteiger partial charge on any atom is 0.262 e. The number of thiophene rings is 1. The molecule has 0 fully saturated rings. The van der Waals surface area contributed by atoms with Crippen LogP contribution in [-0.4, -0.2) is 23.6 Å². The molecule has 2 amide bonds. The minimum atomic E-state index is -0.648. The summed E-state index contributed by atoms with van der Waals surface area (Å²) in [5, 5.41) is 12.2. The molecule has 0 spiro atoms. The van der Waals surface area contributed by atoms with Gasteiger partial charge in [-0.3, -0.25) is 14.8 Å². The summed E-state index contributed by atoms with van der Waals surface area (Å²) in [5.41, 5.74) is 1.42. The van der Waals surface area contributed by atoms with Crippen LogP contribution in [0, 0.1) is 0 Å². The van der Waals surface area contributed by atoms with Crippen LogP contribution in [0.4, 0.5) is 0 Å². The highest BCUT2D eigenvalue weighted by Crippen LogP contribution is 2.07. The summed E-state index contributed by atoms with van der Waals surface area (Å²) in [6.07, 6.45) is 0. The third-order valence-corrected chi connectivity index (χ3v) is 2.15. The summed E-state index contributed by atoms with van der Waals surface area (Å²) >= 11 is 1.28. The van der Waals surface area contributed by atoms with Gasteiger partial charge in [-0.1, -0.05) is 6.07 Å². The first-order valence-electron chi connectivity index (χ1n) is 3.48. The van der Waals surface area contributed by atoms with E-state index in [1.54, 1.807) is 17.5 Å². The van der Waals surface area contributed by atoms with Crippen molar-refractivity contribution in [2.75, 3.05) is 6.54 Å². The lowest BCUT2D eigenvalue weighted by Gasteiger charge is -2.00. The Labute approximate surface area is 78.3 Å². The van der Waals surface area contributed by atoms with Gasteiger partial charge in [0.1, 0.15) is 0 Å². The zero-order chi connectivity index (χ0) is 9.68. The summed E-state index contributed by atoms with van der Waals surface area (Å²) in [6.45, 7) is -0.229. The number of rotatable bonds is 3. The molecule has 0 radical (unpaired) electrons. The normalized spacial score (nSPS) is 9.31. The second-order valence-corrected chi connectivity index (χ2v) is 3.14. The van der Waals surface area contributed by atoms with Crippen LogP contribution in [0.1, 0.15) is 9.67 Å². The van der Waals surface area contributed by atoms with E-state index in [1.807, 2.05) is 0 Å². The summed E-state index contributed by atoms with van der Waals surface area (Å²) in [5.74, 6) is -0.969. The second kappa shape index (κ2) is 4.58. The van der Waals surface area contributed by atoms with Gasteiger partial charge in [0.25, 0.3) is 11.8 Å². The van der Waals surface area contributed by atoms with Crippen molar-refractivity contribution in [2.24, 2.45) is 0 Å². The van der Waals surface area contributed by atoms with Gasteiger partial charge in [0.05, 0.1) is 11.4 Å². The molecule has 0 atom stereocenters. The molecule has 0 bridgehead atoms. The average molecular weight is 200 g/mol. The molecule has 0 aliphatic rings. The maximum absolute atomic E-state index is 11.2. The van der Waals surface area contributed by atoms with E-state index in [0.29, 0.717) is 4.88 Å². The zero-order valence-electron chi connectivity index (χ0n) is 6.61. The number of amides is 2. The molecule has 1 heterocycles. The van der Waals surface area contributed by atoms with Crippen molar-refractivity contribution in [1.82, 2.24) is 10.8 Å². The van der Waals surface area contributed by atoms with Gasteiger partial charge in [0.15, 0.2) is 0 Å². The van der Waals surface area contributed by atoms with Crippen molar-refractivity contribution in [3.05, 3.63) is 22.4 Å². The Morgan fingerprint density at radius 1 is 1.54 bits per heavy atom. The molecule has 3 N–H and O–H groups in total. The molecule has 0 aliphatic heterocycles. The quantitative estimate of drug-likeness (QED) is 0.474. The minimum absolute atomic E-state index is 0.229. The lowest BCUT2D eigenvalue weighted by atomic mass is 10.4. The van der Waals surface area contributed by atoms with Gasteiger partial charge in [-0.2, -0.15) is 0 Å². The predicted molar refractivity (Wildman–Crippen MR) is 46.6 cm³/mol. The smallest absolute Gasteiger partial charge is 0.262 e. The highest BCUT2D eigenvalue weighted by molar-refractivity contribution is 7.12. The van der Waals surface area contributed by atoms with Crippen LogP contribution in [0.3, 0.4) is 0 Å².